The Morgan fingerprint density at radius 3 is 0.939 bits per heavy atom. The number of hydrogen-bond acceptors (Lipinski definition) is 3. The molecule has 0 saturated heterocycles. The van der Waals surface area contributed by atoms with Gasteiger partial charge in [-0.15, -0.1) is 0 Å². The van der Waals surface area contributed by atoms with E-state index >= 15 is 0 Å². The van der Waals surface area contributed by atoms with Gasteiger partial charge in [0.1, 0.15) is 0 Å². The Balaban J connectivity index is 0.000000269. The van der Waals surface area contributed by atoms with Crippen LogP contribution in [0.15, 0.2) is 182 Å². The van der Waals surface area contributed by atoms with E-state index < -0.39 is 56.5 Å². The summed E-state index contributed by atoms with van der Waals surface area (Å²) in [5.74, 6) is 0. The molecule has 0 aromatic heterocycles. The summed E-state index contributed by atoms with van der Waals surface area (Å²) in [6.45, 7) is 11.2. The van der Waals surface area contributed by atoms with Crippen LogP contribution >= 0.6 is 0 Å². The number of hydrogen-bond donors (Lipinski definition) is 0. The van der Waals surface area contributed by atoms with Gasteiger partial charge >= 0.3 is 413 Å². The van der Waals surface area contributed by atoms with Crippen LogP contribution in [-0.4, -0.2) is 73.4 Å². The third kappa shape index (κ3) is 16.7. The van der Waals surface area contributed by atoms with Crippen molar-refractivity contribution in [2.24, 2.45) is 0 Å². The predicted molar refractivity (Wildman–Crippen MR) is 290 cm³/mol. The Kier molecular flexibility index (Phi) is 28.0. The van der Waals surface area contributed by atoms with Crippen molar-refractivity contribution in [1.82, 2.24) is 0 Å². The van der Waals surface area contributed by atoms with Gasteiger partial charge in [0.15, 0.2) is 0 Å². The van der Waals surface area contributed by atoms with Crippen LogP contribution in [0.1, 0.15) is 130 Å². The average Bonchev–Trinajstić information content (AvgIpc) is 3.38. The van der Waals surface area contributed by atoms with Gasteiger partial charge in [-0.3, -0.25) is 0 Å². The first-order valence-electron chi connectivity index (χ1n) is 24.6. The Morgan fingerprint density at radius 1 is 0.364 bits per heavy atom. The quantitative estimate of drug-likeness (QED) is 0.0566. The second kappa shape index (κ2) is 32.4. The van der Waals surface area contributed by atoms with Crippen LogP contribution in [0.25, 0.3) is 0 Å². The van der Waals surface area contributed by atoms with E-state index in [1.807, 2.05) is 146 Å². The zero-order valence-corrected chi connectivity index (χ0v) is 49.2. The minimum absolute atomic E-state index is 0. The number of carbonyl (C=O) groups is 3. The van der Waals surface area contributed by atoms with Crippen molar-refractivity contribution >= 4 is 78.6 Å². The van der Waals surface area contributed by atoms with Crippen LogP contribution in [-0.2, 0) is 0 Å². The molecule has 0 fully saturated rings. The van der Waals surface area contributed by atoms with Crippen molar-refractivity contribution in [3.05, 3.63) is 199 Å². The number of unbranched alkanes of at least 4 members (excludes halogenated alkanes) is 5. The molecule has 0 aliphatic carbocycles. The Hall–Kier alpha value is -3.31. The molecule has 0 unspecified atom stereocenters. The minimum atomic E-state index is -3.94. The number of benzene rings is 6. The van der Waals surface area contributed by atoms with Crippen molar-refractivity contribution in [3.63, 3.8) is 0 Å². The van der Waals surface area contributed by atoms with Gasteiger partial charge in [-0.25, -0.2) is 0 Å². The van der Waals surface area contributed by atoms with Crippen LogP contribution in [0.5, 0.6) is 0 Å². The van der Waals surface area contributed by atoms with Gasteiger partial charge in [-0.05, 0) is 0 Å². The molecule has 0 amide bonds. The van der Waals surface area contributed by atoms with Crippen LogP contribution in [0.3, 0.4) is 0 Å². The molecule has 6 rings (SSSR count). The van der Waals surface area contributed by atoms with Crippen LogP contribution in [0, 0.1) is 0 Å². The molecule has 0 aliphatic heterocycles. The molecule has 6 aromatic rings. The first-order chi connectivity index (χ1) is 31.8. The summed E-state index contributed by atoms with van der Waals surface area (Å²) >= 11 is -8.49. The van der Waals surface area contributed by atoms with Crippen molar-refractivity contribution in [1.29, 1.82) is 0 Å². The standard InChI is InChI=1S/3C7H5O.3C6H5.5C4H9.H2O.3Sn/c3*8-6-7-4-2-1-3-5-7;3*1-2-4-6-5-3-1;5*1-3-4-2;;;;/h3*1-5H;3*1-5H;5*1,3-4H2,2H3;1H2;;;. The SMILES string of the molecule is CCC[CH2][Sn]([CH2]CCC)([CH2]CCC)[C](=O)c1ccccc1.CCC[CH2][Sn]([CH2]CCC)[C](=O)c1ccccc1.O.O=[C](c1ccccc1)[Sn]([c]1ccccc1)([c]1ccccc1)[c]1ccccc1. The third-order valence-corrected chi connectivity index (χ3v) is 48.5. The fourth-order valence-electron chi connectivity index (χ4n) is 8.85. The van der Waals surface area contributed by atoms with E-state index in [9.17, 15) is 14.4 Å². The molecule has 0 aliphatic rings. The monoisotopic (exact) mass is 1210 g/mol. The van der Waals surface area contributed by atoms with Crippen LogP contribution in [0.4, 0.5) is 0 Å². The average molecular weight is 1210 g/mol. The van der Waals surface area contributed by atoms with Crippen molar-refractivity contribution in [2.75, 3.05) is 0 Å². The number of rotatable bonds is 24. The Labute approximate surface area is 414 Å². The molecule has 0 atom stereocenters. The molecule has 66 heavy (non-hydrogen) atoms. The predicted octanol–water partition coefficient (Wildman–Crippen LogP) is 13.5. The molecule has 0 heterocycles. The van der Waals surface area contributed by atoms with Gasteiger partial charge < -0.3 is 5.48 Å². The fraction of sp³-hybridized carbons (Fsp3) is 0.339. The molecule has 1 radical (unpaired) electrons. The number of carbonyl (C=O) groups excluding carboxylic acids is 3. The van der Waals surface area contributed by atoms with Crippen molar-refractivity contribution in [3.8, 4) is 0 Å². The Morgan fingerprint density at radius 2 is 0.636 bits per heavy atom. The van der Waals surface area contributed by atoms with Gasteiger partial charge in [-0.1, -0.05) is 0 Å². The van der Waals surface area contributed by atoms with E-state index in [1.54, 1.807) is 0 Å². The second-order valence-electron chi connectivity index (χ2n) is 17.3. The normalized spacial score (nSPS) is 11.0. The molecule has 6 aromatic carbocycles. The summed E-state index contributed by atoms with van der Waals surface area (Å²) in [7, 11) is 0. The van der Waals surface area contributed by atoms with E-state index in [1.165, 1.54) is 97.1 Å². The van der Waals surface area contributed by atoms with E-state index in [2.05, 4.69) is 71.0 Å². The maximum absolute atomic E-state index is 14.2. The summed E-state index contributed by atoms with van der Waals surface area (Å²) in [4.78, 5) is 39.9. The van der Waals surface area contributed by atoms with E-state index in [4.69, 9.17) is 0 Å². The summed E-state index contributed by atoms with van der Waals surface area (Å²) in [5, 5.41) is 0. The fourth-order valence-corrected chi connectivity index (χ4v) is 44.8. The molecule has 0 bridgehead atoms. The molecule has 0 spiro atoms. The molecule has 4 nitrogen and oxygen atoms in total. The molecule has 349 valence electrons. The summed E-state index contributed by atoms with van der Waals surface area (Å²) in [5.41, 5.74) is 2.76. The Bertz CT molecular complexity index is 2080. The molecular weight excluding hydrogens is 1130 g/mol. The molecule has 7 heteroatoms. The molecule has 2 N–H and O–H groups in total. The third-order valence-electron chi connectivity index (χ3n) is 12.6. The second-order valence-corrected chi connectivity index (χ2v) is 48.3. The van der Waals surface area contributed by atoms with Crippen molar-refractivity contribution in [2.45, 2.75) is 121 Å². The first kappa shape index (κ1) is 57.0. The topological polar surface area (TPSA) is 82.7 Å². The van der Waals surface area contributed by atoms with E-state index in [0.29, 0.717) is 7.60 Å². The van der Waals surface area contributed by atoms with E-state index in [-0.39, 0.29) is 9.28 Å². The van der Waals surface area contributed by atoms with Crippen LogP contribution < -0.4 is 10.7 Å². The van der Waals surface area contributed by atoms with E-state index in [0.717, 1.165) is 16.7 Å². The first-order valence-corrected chi connectivity index (χ1v) is 43.3. The van der Waals surface area contributed by atoms with Gasteiger partial charge in [0.25, 0.3) is 0 Å². The van der Waals surface area contributed by atoms with Gasteiger partial charge in [0.05, 0.1) is 0 Å². The summed E-state index contributed by atoms with van der Waals surface area (Å²) < 4.78 is 11.2. The molecular formula is C59H77O4Sn3. The van der Waals surface area contributed by atoms with Crippen molar-refractivity contribution < 1.29 is 19.9 Å². The maximum atomic E-state index is 14.2. The van der Waals surface area contributed by atoms with Gasteiger partial charge in [0.2, 0.25) is 0 Å². The zero-order valence-electron chi connectivity index (χ0n) is 40.7. The zero-order chi connectivity index (χ0) is 46.6. The summed E-state index contributed by atoms with van der Waals surface area (Å²) in [6, 6.07) is 60.9. The van der Waals surface area contributed by atoms with Crippen LogP contribution in [0.2, 0.25) is 22.2 Å². The molecule has 0 saturated carbocycles. The van der Waals surface area contributed by atoms with Gasteiger partial charge in [-0.2, -0.15) is 0 Å². The summed E-state index contributed by atoms with van der Waals surface area (Å²) in [6.07, 6.45) is 12.4. The van der Waals surface area contributed by atoms with Gasteiger partial charge in [0, 0.05) is 0 Å².